The van der Waals surface area contributed by atoms with E-state index in [0.29, 0.717) is 27.2 Å². The molecule has 0 bridgehead atoms. The molecule has 8 heteroatoms. The van der Waals surface area contributed by atoms with Gasteiger partial charge in [0.05, 0.1) is 23.4 Å². The number of aliphatic imine (C=N–C) groups is 1. The largest absolute Gasteiger partial charge is 0.459 e. The molecule has 0 aliphatic carbocycles. The fourth-order valence-electron chi connectivity index (χ4n) is 2.84. The Morgan fingerprint density at radius 3 is 2.65 bits per heavy atom. The highest BCUT2D eigenvalue weighted by molar-refractivity contribution is 9.10. The molecule has 0 saturated heterocycles. The first-order valence-electron chi connectivity index (χ1n) is 7.96. The molecule has 1 atom stereocenters. The smallest absolute Gasteiger partial charge is 0.338 e. The predicted molar refractivity (Wildman–Crippen MR) is 105 cm³/mol. The van der Waals surface area contributed by atoms with Crippen LogP contribution in [0.5, 0.6) is 0 Å². The van der Waals surface area contributed by atoms with Crippen molar-refractivity contribution in [3.05, 3.63) is 56.3 Å². The van der Waals surface area contributed by atoms with Crippen LogP contribution >= 0.6 is 27.7 Å². The van der Waals surface area contributed by atoms with Crippen molar-refractivity contribution in [1.82, 2.24) is 4.90 Å². The molecule has 0 spiro atoms. The monoisotopic (exact) mass is 432 g/mol. The quantitative estimate of drug-likeness (QED) is 0.730. The number of carbonyl (C=O) groups excluding carboxylic acids is 1. The molecule has 2 aliphatic rings. The predicted octanol–water partition coefficient (Wildman–Crippen LogP) is 3.79. The van der Waals surface area contributed by atoms with Crippen molar-refractivity contribution in [2.45, 2.75) is 32.9 Å². The van der Waals surface area contributed by atoms with E-state index in [1.54, 1.807) is 25.7 Å². The van der Waals surface area contributed by atoms with Crippen molar-refractivity contribution in [3.8, 4) is 6.07 Å². The van der Waals surface area contributed by atoms with Crippen molar-refractivity contribution in [3.63, 3.8) is 0 Å². The maximum Gasteiger partial charge on any atom is 0.338 e. The minimum absolute atomic E-state index is 0.255. The molecule has 2 aliphatic heterocycles. The molecular weight excluding hydrogens is 416 g/mol. The number of nitrogens with two attached hydrogens (primary N) is 1. The van der Waals surface area contributed by atoms with Gasteiger partial charge in [0, 0.05) is 4.47 Å². The summed E-state index contributed by atoms with van der Waals surface area (Å²) in [6, 6.07) is 9.22. The first kappa shape index (κ1) is 18.5. The molecule has 0 aromatic heterocycles. The van der Waals surface area contributed by atoms with Gasteiger partial charge in [0.25, 0.3) is 0 Å². The molecule has 0 radical (unpaired) electrons. The number of amidine groups is 1. The van der Waals surface area contributed by atoms with Gasteiger partial charge in [-0.2, -0.15) is 5.26 Å². The summed E-state index contributed by atoms with van der Waals surface area (Å²) in [6.45, 7) is 5.37. The lowest BCUT2D eigenvalue weighted by molar-refractivity contribution is -0.143. The topological polar surface area (TPSA) is 91.7 Å². The zero-order valence-electron chi connectivity index (χ0n) is 14.5. The van der Waals surface area contributed by atoms with Gasteiger partial charge < -0.3 is 10.5 Å². The Kier molecular flexibility index (Phi) is 5.12. The van der Waals surface area contributed by atoms with Crippen LogP contribution in [0.1, 0.15) is 32.4 Å². The summed E-state index contributed by atoms with van der Waals surface area (Å²) in [5.74, 6) is -0.136. The van der Waals surface area contributed by atoms with Gasteiger partial charge in [0.2, 0.25) is 0 Å². The van der Waals surface area contributed by atoms with Crippen LogP contribution in [0.2, 0.25) is 0 Å². The number of fused-ring (bicyclic) bond motifs is 1. The number of thioether (sulfide) groups is 1. The van der Waals surface area contributed by atoms with E-state index in [1.165, 1.54) is 11.8 Å². The van der Waals surface area contributed by atoms with Gasteiger partial charge in [-0.05, 0) is 50.2 Å². The summed E-state index contributed by atoms with van der Waals surface area (Å²) in [4.78, 5) is 19.4. The molecule has 0 fully saturated rings. The molecule has 0 saturated carbocycles. The minimum Gasteiger partial charge on any atom is -0.459 e. The lowest BCUT2D eigenvalue weighted by atomic mass is 9.94. The minimum atomic E-state index is -0.500. The number of rotatable bonds is 3. The fraction of sp³-hybridized carbons (Fsp3) is 0.278. The normalized spacial score (nSPS) is 19.5. The molecule has 0 unspecified atom stereocenters. The first-order chi connectivity index (χ1) is 12.3. The highest BCUT2D eigenvalue weighted by Crippen LogP contribution is 2.45. The third-order valence-electron chi connectivity index (χ3n) is 3.93. The van der Waals surface area contributed by atoms with Crippen molar-refractivity contribution >= 4 is 38.8 Å². The average Bonchev–Trinajstić information content (AvgIpc) is 2.89. The number of carbonyl (C=O) groups is 1. The number of halogens is 1. The number of ether oxygens (including phenoxy) is 1. The van der Waals surface area contributed by atoms with Crippen LogP contribution in [0.3, 0.4) is 0 Å². The van der Waals surface area contributed by atoms with Crippen LogP contribution in [0.25, 0.3) is 0 Å². The Balaban J connectivity index is 2.16. The van der Waals surface area contributed by atoms with Crippen molar-refractivity contribution < 1.29 is 9.53 Å². The van der Waals surface area contributed by atoms with Crippen LogP contribution in [-0.4, -0.2) is 22.1 Å². The van der Waals surface area contributed by atoms with E-state index in [9.17, 15) is 10.1 Å². The van der Waals surface area contributed by atoms with E-state index in [2.05, 4.69) is 27.0 Å². The zero-order chi connectivity index (χ0) is 19.0. The van der Waals surface area contributed by atoms with Crippen LogP contribution in [0, 0.1) is 11.3 Å². The highest BCUT2D eigenvalue weighted by atomic mass is 79.9. The number of hydrogen-bond donors (Lipinski definition) is 1. The summed E-state index contributed by atoms with van der Waals surface area (Å²) < 4.78 is 6.37. The lowest BCUT2D eigenvalue weighted by Crippen LogP contribution is -2.39. The Labute approximate surface area is 164 Å². The third kappa shape index (κ3) is 3.24. The van der Waals surface area contributed by atoms with E-state index in [0.717, 1.165) is 10.0 Å². The second-order valence-electron chi connectivity index (χ2n) is 6.10. The molecule has 2 N–H and O–H groups in total. The number of allylic oxidation sites excluding steroid dienone is 2. The SMILES string of the molecule is CC1=C(C(=O)OC(C)C)[C@@H](c2ccc(Br)cc2)N2C(=N1)SC(C#N)=C2N. The fourth-order valence-corrected chi connectivity index (χ4v) is 4.02. The van der Waals surface area contributed by atoms with Crippen molar-refractivity contribution in [1.29, 1.82) is 5.26 Å². The molecule has 134 valence electrons. The lowest BCUT2D eigenvalue weighted by Gasteiger charge is -2.35. The highest BCUT2D eigenvalue weighted by Gasteiger charge is 2.42. The van der Waals surface area contributed by atoms with E-state index < -0.39 is 12.0 Å². The number of nitriles is 1. The standard InChI is InChI=1S/C18H17BrN4O2S/c1-9(2)25-17(24)14-10(3)22-18-23(16(21)13(8-20)26-18)15(14)11-4-6-12(19)7-5-11/h4-7,9,15H,21H2,1-3H3/t15-/m1/s1. The number of nitrogens with zero attached hydrogens (tertiary/aromatic N) is 3. The van der Waals surface area contributed by atoms with Gasteiger partial charge in [0.1, 0.15) is 16.8 Å². The van der Waals surface area contributed by atoms with Crippen LogP contribution in [0.4, 0.5) is 0 Å². The van der Waals surface area contributed by atoms with Crippen molar-refractivity contribution in [2.24, 2.45) is 10.7 Å². The van der Waals surface area contributed by atoms with E-state index >= 15 is 0 Å². The Bertz CT molecular complexity index is 897. The molecule has 0 amide bonds. The van der Waals surface area contributed by atoms with Gasteiger partial charge in [-0.25, -0.2) is 9.79 Å². The first-order valence-corrected chi connectivity index (χ1v) is 9.57. The Morgan fingerprint density at radius 2 is 2.08 bits per heavy atom. The van der Waals surface area contributed by atoms with Gasteiger partial charge in [-0.1, -0.05) is 28.1 Å². The van der Waals surface area contributed by atoms with Gasteiger partial charge in [0.15, 0.2) is 5.17 Å². The van der Waals surface area contributed by atoms with Crippen LogP contribution < -0.4 is 5.73 Å². The van der Waals surface area contributed by atoms with Crippen LogP contribution in [0.15, 0.2) is 55.7 Å². The second-order valence-corrected chi connectivity index (χ2v) is 7.99. The van der Waals surface area contributed by atoms with Crippen LogP contribution in [-0.2, 0) is 9.53 Å². The number of hydrogen-bond acceptors (Lipinski definition) is 7. The van der Waals surface area contributed by atoms with Gasteiger partial charge >= 0.3 is 5.97 Å². The maximum absolute atomic E-state index is 12.8. The summed E-state index contributed by atoms with van der Waals surface area (Å²) in [7, 11) is 0. The van der Waals surface area contributed by atoms with E-state index in [1.807, 2.05) is 24.3 Å². The van der Waals surface area contributed by atoms with Gasteiger partial charge in [-0.3, -0.25) is 4.90 Å². The molecular formula is C18H17BrN4O2S. The summed E-state index contributed by atoms with van der Waals surface area (Å²) in [6.07, 6.45) is -0.255. The van der Waals surface area contributed by atoms with E-state index in [-0.39, 0.29) is 6.10 Å². The van der Waals surface area contributed by atoms with Crippen molar-refractivity contribution in [2.75, 3.05) is 0 Å². The third-order valence-corrected chi connectivity index (χ3v) is 5.43. The second kappa shape index (κ2) is 7.17. The Morgan fingerprint density at radius 1 is 1.42 bits per heavy atom. The molecule has 1 aromatic rings. The number of benzene rings is 1. The molecule has 2 heterocycles. The summed E-state index contributed by atoms with van der Waals surface area (Å²) in [5, 5.41) is 9.92. The van der Waals surface area contributed by atoms with E-state index in [4.69, 9.17) is 10.5 Å². The maximum atomic E-state index is 12.8. The summed E-state index contributed by atoms with van der Waals surface area (Å²) in [5.41, 5.74) is 8.06. The molecule has 6 nitrogen and oxygen atoms in total. The molecule has 3 rings (SSSR count). The molecule has 26 heavy (non-hydrogen) atoms. The Hall–Kier alpha value is -2.24. The zero-order valence-corrected chi connectivity index (χ0v) is 16.9. The average molecular weight is 433 g/mol. The van der Waals surface area contributed by atoms with Gasteiger partial charge in [-0.15, -0.1) is 0 Å². The molecule has 1 aromatic carbocycles. The summed E-state index contributed by atoms with van der Waals surface area (Å²) >= 11 is 4.63. The number of esters is 1.